The Bertz CT molecular complexity index is 855. The molecule has 1 aliphatic rings. The third-order valence-electron chi connectivity index (χ3n) is 4.31. The molecule has 0 radical (unpaired) electrons. The molecule has 25 heavy (non-hydrogen) atoms. The molecule has 0 spiro atoms. The predicted molar refractivity (Wildman–Crippen MR) is 89.8 cm³/mol. The van der Waals surface area contributed by atoms with Gasteiger partial charge in [-0.1, -0.05) is 6.07 Å². The lowest BCUT2D eigenvalue weighted by Gasteiger charge is -2.27. The highest BCUT2D eigenvalue weighted by molar-refractivity contribution is 5.98. The topological polar surface area (TPSA) is 82.1 Å². The fourth-order valence-corrected chi connectivity index (χ4v) is 3.09. The lowest BCUT2D eigenvalue weighted by Crippen LogP contribution is -2.21. The average Bonchev–Trinajstić information content (AvgIpc) is 2.60. The molecule has 2 aromatic rings. The normalized spacial score (nSPS) is 16.0. The number of carbonyl (C=O) groups is 2. The Kier molecular flexibility index (Phi) is 4.35. The Hall–Kier alpha value is -3.02. The second-order valence-electron chi connectivity index (χ2n) is 5.77. The van der Waals surface area contributed by atoms with Crippen molar-refractivity contribution in [2.75, 3.05) is 14.2 Å². The van der Waals surface area contributed by atoms with E-state index >= 15 is 0 Å². The van der Waals surface area contributed by atoms with E-state index in [1.165, 1.54) is 33.3 Å². The number of carbonyl (C=O) groups excluding carboxylic acids is 2. The van der Waals surface area contributed by atoms with Gasteiger partial charge in [0.15, 0.2) is 17.3 Å². The SMILES string of the molecule is COc1ccc([C@H]2CC(=O)Oc3ccc(C(C)=O)c(O)c32)cc1OC. The van der Waals surface area contributed by atoms with Crippen LogP contribution in [0.4, 0.5) is 0 Å². The highest BCUT2D eigenvalue weighted by atomic mass is 16.5. The number of ketones is 1. The molecule has 130 valence electrons. The van der Waals surface area contributed by atoms with Crippen molar-refractivity contribution >= 4 is 11.8 Å². The van der Waals surface area contributed by atoms with Gasteiger partial charge in [-0.15, -0.1) is 0 Å². The zero-order valence-electron chi connectivity index (χ0n) is 14.2. The summed E-state index contributed by atoms with van der Waals surface area (Å²) in [5.41, 5.74) is 1.38. The van der Waals surface area contributed by atoms with E-state index in [1.54, 1.807) is 18.2 Å². The van der Waals surface area contributed by atoms with Crippen molar-refractivity contribution in [3.63, 3.8) is 0 Å². The first kappa shape index (κ1) is 16.8. The van der Waals surface area contributed by atoms with Crippen molar-refractivity contribution in [3.05, 3.63) is 47.0 Å². The van der Waals surface area contributed by atoms with Crippen LogP contribution in [0.5, 0.6) is 23.0 Å². The van der Waals surface area contributed by atoms with Gasteiger partial charge in [-0.3, -0.25) is 9.59 Å². The van der Waals surface area contributed by atoms with Crippen LogP contribution in [0.1, 0.15) is 40.7 Å². The molecule has 0 aromatic heterocycles. The molecular weight excluding hydrogens is 324 g/mol. The minimum atomic E-state index is -0.449. The number of phenols is 1. The summed E-state index contributed by atoms with van der Waals surface area (Å²) in [6.07, 6.45) is 0.0530. The summed E-state index contributed by atoms with van der Waals surface area (Å²) in [5.74, 6) is 0.0750. The molecule has 0 aliphatic carbocycles. The number of hydrogen-bond donors (Lipinski definition) is 1. The molecule has 1 atom stereocenters. The fraction of sp³-hybridized carbons (Fsp3) is 0.263. The molecule has 0 saturated heterocycles. The lowest BCUT2D eigenvalue weighted by atomic mass is 9.84. The minimum Gasteiger partial charge on any atom is -0.507 e. The largest absolute Gasteiger partial charge is 0.507 e. The van der Waals surface area contributed by atoms with E-state index in [0.29, 0.717) is 17.1 Å². The summed E-state index contributed by atoms with van der Waals surface area (Å²) in [6.45, 7) is 1.38. The van der Waals surface area contributed by atoms with Crippen LogP contribution in [0.15, 0.2) is 30.3 Å². The van der Waals surface area contributed by atoms with Gasteiger partial charge < -0.3 is 19.3 Å². The maximum atomic E-state index is 12.0. The van der Waals surface area contributed by atoms with Crippen molar-refractivity contribution < 1.29 is 28.9 Å². The first-order valence-corrected chi connectivity index (χ1v) is 7.75. The molecule has 0 bridgehead atoms. The molecule has 3 rings (SSSR count). The van der Waals surface area contributed by atoms with Gasteiger partial charge in [-0.2, -0.15) is 0 Å². The zero-order valence-corrected chi connectivity index (χ0v) is 14.2. The van der Waals surface area contributed by atoms with Crippen LogP contribution in [0, 0.1) is 0 Å². The highest BCUT2D eigenvalue weighted by Gasteiger charge is 2.33. The first-order valence-electron chi connectivity index (χ1n) is 7.75. The molecule has 2 aromatic carbocycles. The van der Waals surface area contributed by atoms with E-state index in [9.17, 15) is 14.7 Å². The second-order valence-corrected chi connectivity index (χ2v) is 5.77. The second kappa shape index (κ2) is 6.47. The molecule has 0 amide bonds. The molecule has 6 nitrogen and oxygen atoms in total. The number of benzene rings is 2. The number of hydrogen-bond acceptors (Lipinski definition) is 6. The van der Waals surface area contributed by atoms with Crippen molar-refractivity contribution in [3.8, 4) is 23.0 Å². The quantitative estimate of drug-likeness (QED) is 0.522. The van der Waals surface area contributed by atoms with Crippen LogP contribution >= 0.6 is 0 Å². The summed E-state index contributed by atoms with van der Waals surface area (Å²) in [6, 6.07) is 8.29. The van der Waals surface area contributed by atoms with Crippen molar-refractivity contribution in [2.24, 2.45) is 0 Å². The van der Waals surface area contributed by atoms with Crippen LogP contribution in [0.3, 0.4) is 0 Å². The van der Waals surface area contributed by atoms with Gasteiger partial charge in [0, 0.05) is 11.5 Å². The number of fused-ring (bicyclic) bond motifs is 1. The van der Waals surface area contributed by atoms with Crippen LogP contribution in [-0.4, -0.2) is 31.1 Å². The molecule has 1 N–H and O–H groups in total. The van der Waals surface area contributed by atoms with Gasteiger partial charge >= 0.3 is 5.97 Å². The lowest BCUT2D eigenvalue weighted by molar-refractivity contribution is -0.135. The third-order valence-corrected chi connectivity index (χ3v) is 4.31. The first-order chi connectivity index (χ1) is 12.0. The van der Waals surface area contributed by atoms with Gasteiger partial charge in [0.2, 0.25) is 0 Å². The van der Waals surface area contributed by atoms with Crippen LogP contribution in [0.25, 0.3) is 0 Å². The average molecular weight is 342 g/mol. The predicted octanol–water partition coefficient (Wildman–Crippen LogP) is 3.05. The molecule has 1 aliphatic heterocycles. The van der Waals surface area contributed by atoms with Crippen LogP contribution in [0.2, 0.25) is 0 Å². The summed E-state index contributed by atoms with van der Waals surface area (Å²) >= 11 is 0. The Morgan fingerprint density at radius 2 is 1.88 bits per heavy atom. The number of aromatic hydroxyl groups is 1. The number of rotatable bonds is 4. The summed E-state index contributed by atoms with van der Waals surface area (Å²) in [5, 5.41) is 10.6. The molecule has 0 saturated carbocycles. The van der Waals surface area contributed by atoms with E-state index in [2.05, 4.69) is 0 Å². The molecule has 0 unspecified atom stereocenters. The maximum Gasteiger partial charge on any atom is 0.312 e. The third kappa shape index (κ3) is 2.91. The van der Waals surface area contributed by atoms with Crippen LogP contribution in [-0.2, 0) is 4.79 Å². The van der Waals surface area contributed by atoms with Gasteiger partial charge in [-0.25, -0.2) is 0 Å². The molecule has 1 heterocycles. The van der Waals surface area contributed by atoms with Gasteiger partial charge in [0.25, 0.3) is 0 Å². The van der Waals surface area contributed by atoms with Gasteiger partial charge in [-0.05, 0) is 36.8 Å². The Morgan fingerprint density at radius 3 is 2.52 bits per heavy atom. The molecular formula is C19H18O6. The smallest absolute Gasteiger partial charge is 0.312 e. The summed E-state index contributed by atoms with van der Waals surface area (Å²) in [4.78, 5) is 23.7. The Labute approximate surface area is 144 Å². The van der Waals surface area contributed by atoms with E-state index in [-0.39, 0.29) is 29.3 Å². The van der Waals surface area contributed by atoms with E-state index in [4.69, 9.17) is 14.2 Å². The summed E-state index contributed by atoms with van der Waals surface area (Å²) < 4.78 is 15.8. The molecule has 6 heteroatoms. The minimum absolute atomic E-state index is 0.0530. The number of Topliss-reactive ketones (excluding diaryl/α,β-unsaturated/α-hetero) is 1. The number of methoxy groups -OCH3 is 2. The van der Waals surface area contributed by atoms with Gasteiger partial charge in [0.1, 0.15) is 11.5 Å². The maximum absolute atomic E-state index is 12.0. The van der Waals surface area contributed by atoms with E-state index in [1.807, 2.05) is 0 Å². The van der Waals surface area contributed by atoms with Crippen LogP contribution < -0.4 is 14.2 Å². The Balaban J connectivity index is 2.17. The van der Waals surface area contributed by atoms with Crippen molar-refractivity contribution in [2.45, 2.75) is 19.3 Å². The van der Waals surface area contributed by atoms with Crippen molar-refractivity contribution in [1.29, 1.82) is 0 Å². The summed E-state index contributed by atoms with van der Waals surface area (Å²) in [7, 11) is 3.06. The standard InChI is InChI=1S/C19H18O6/c1-10(20)12-5-7-15-18(19(12)22)13(9-17(21)25-15)11-4-6-14(23-2)16(8-11)24-3/h4-8,13,22H,9H2,1-3H3/t13-/m1/s1. The monoisotopic (exact) mass is 342 g/mol. The molecule has 0 fully saturated rings. The number of phenolic OH excluding ortho intramolecular Hbond substituents is 1. The number of ether oxygens (including phenoxy) is 3. The fourth-order valence-electron chi connectivity index (χ4n) is 3.09. The van der Waals surface area contributed by atoms with E-state index in [0.717, 1.165) is 5.56 Å². The Morgan fingerprint density at radius 1 is 1.16 bits per heavy atom. The number of esters is 1. The highest BCUT2D eigenvalue weighted by Crippen LogP contribution is 2.46. The zero-order chi connectivity index (χ0) is 18.1. The van der Waals surface area contributed by atoms with Crippen molar-refractivity contribution in [1.82, 2.24) is 0 Å². The van der Waals surface area contributed by atoms with E-state index < -0.39 is 11.9 Å². The van der Waals surface area contributed by atoms with Gasteiger partial charge in [0.05, 0.1) is 26.2 Å².